The van der Waals surface area contributed by atoms with E-state index in [0.717, 1.165) is 11.3 Å². The van der Waals surface area contributed by atoms with Crippen LogP contribution in [0, 0.1) is 13.8 Å². The summed E-state index contributed by atoms with van der Waals surface area (Å²) in [6, 6.07) is 6.12. The summed E-state index contributed by atoms with van der Waals surface area (Å²) >= 11 is 0. The van der Waals surface area contributed by atoms with E-state index >= 15 is 0 Å². The van der Waals surface area contributed by atoms with Gasteiger partial charge in [0.05, 0.1) is 0 Å². The minimum atomic E-state index is 0.484. The lowest BCUT2D eigenvalue weighted by Crippen LogP contribution is -2.09. The number of benzene rings is 1. The van der Waals surface area contributed by atoms with Crippen molar-refractivity contribution < 1.29 is 0 Å². The second kappa shape index (κ2) is 3.31. The number of rotatable bonds is 1. The van der Waals surface area contributed by atoms with Gasteiger partial charge in [-0.05, 0) is 31.0 Å². The maximum Gasteiger partial charge on any atom is 0.150 e. The molecule has 0 unspecified atom stereocenters. The first-order chi connectivity index (χ1) is 7.09. The van der Waals surface area contributed by atoms with Crippen LogP contribution in [0.5, 0.6) is 0 Å². The van der Waals surface area contributed by atoms with Gasteiger partial charge in [0.2, 0.25) is 0 Å². The first-order valence-electron chi connectivity index (χ1n) is 4.75. The van der Waals surface area contributed by atoms with Gasteiger partial charge in [-0.25, -0.2) is 9.66 Å². The normalized spacial score (nSPS) is 10.5. The molecule has 78 valence electrons. The minimum Gasteiger partial charge on any atom is -0.382 e. The van der Waals surface area contributed by atoms with Crippen molar-refractivity contribution in [1.29, 1.82) is 0 Å². The molecule has 0 amide bonds. The molecule has 0 radical (unpaired) electrons. The highest BCUT2D eigenvalue weighted by Crippen LogP contribution is 2.24. The Balaban J connectivity index is 2.55. The van der Waals surface area contributed by atoms with E-state index in [1.165, 1.54) is 22.1 Å². The van der Waals surface area contributed by atoms with Crippen molar-refractivity contribution in [2.75, 3.05) is 11.6 Å². The number of nitrogens with zero attached hydrogens (tertiary/aromatic N) is 2. The molecule has 1 heterocycles. The van der Waals surface area contributed by atoms with Gasteiger partial charge in [-0.2, -0.15) is 0 Å². The fraction of sp³-hybridized carbons (Fsp3) is 0.182. The van der Waals surface area contributed by atoms with E-state index in [1.807, 2.05) is 6.07 Å². The first kappa shape index (κ1) is 9.58. The second-order valence-electron chi connectivity index (χ2n) is 3.68. The van der Waals surface area contributed by atoms with Crippen LogP contribution in [0.3, 0.4) is 0 Å². The maximum absolute atomic E-state index is 5.80. The van der Waals surface area contributed by atoms with Crippen molar-refractivity contribution in [3.05, 3.63) is 35.7 Å². The van der Waals surface area contributed by atoms with Gasteiger partial charge in [0.1, 0.15) is 17.8 Å². The fourth-order valence-corrected chi connectivity index (χ4v) is 1.48. The summed E-state index contributed by atoms with van der Waals surface area (Å²) in [7, 11) is 0. The first-order valence-corrected chi connectivity index (χ1v) is 4.75. The highest BCUT2D eigenvalue weighted by molar-refractivity contribution is 5.71. The predicted octanol–water partition coefficient (Wildman–Crippen LogP) is 1.46. The number of hydrogen-bond donors (Lipinski definition) is 2. The molecule has 2 rings (SSSR count). The van der Waals surface area contributed by atoms with E-state index in [9.17, 15) is 0 Å². The summed E-state index contributed by atoms with van der Waals surface area (Å²) < 4.78 is 1.32. The van der Waals surface area contributed by atoms with Crippen LogP contribution in [-0.4, -0.2) is 9.66 Å². The van der Waals surface area contributed by atoms with Gasteiger partial charge in [0, 0.05) is 5.56 Å². The van der Waals surface area contributed by atoms with Gasteiger partial charge in [-0.3, -0.25) is 0 Å². The Kier molecular flexibility index (Phi) is 2.11. The van der Waals surface area contributed by atoms with Crippen LogP contribution >= 0.6 is 0 Å². The molecule has 0 bridgehead atoms. The molecule has 0 fully saturated rings. The van der Waals surface area contributed by atoms with Crippen LogP contribution in [0.15, 0.2) is 24.5 Å². The minimum absolute atomic E-state index is 0.484. The summed E-state index contributed by atoms with van der Waals surface area (Å²) in [5.74, 6) is 6.06. The molecular formula is C11H14N4. The monoisotopic (exact) mass is 202 g/mol. The molecule has 0 saturated carbocycles. The molecule has 0 aliphatic carbocycles. The molecule has 0 aliphatic rings. The SMILES string of the molecule is Cc1ccc(-c2ncn(N)c2N)cc1C. The standard InChI is InChI=1S/C11H14N4/c1-7-3-4-9(5-8(7)2)10-11(12)15(13)6-14-10/h3-6H,12-13H2,1-2H3. The van der Waals surface area contributed by atoms with Crippen LogP contribution in [-0.2, 0) is 0 Å². The molecule has 2 aromatic rings. The Morgan fingerprint density at radius 2 is 1.93 bits per heavy atom. The third-order valence-corrected chi connectivity index (χ3v) is 2.61. The van der Waals surface area contributed by atoms with E-state index < -0.39 is 0 Å². The van der Waals surface area contributed by atoms with E-state index in [2.05, 4.69) is 31.0 Å². The predicted molar refractivity (Wildman–Crippen MR) is 61.7 cm³/mol. The Bertz CT molecular complexity index is 499. The highest BCUT2D eigenvalue weighted by atomic mass is 15.3. The van der Waals surface area contributed by atoms with Crippen LogP contribution in [0.2, 0.25) is 0 Å². The van der Waals surface area contributed by atoms with E-state index in [0.29, 0.717) is 5.82 Å². The number of aryl methyl sites for hydroxylation is 2. The average molecular weight is 202 g/mol. The maximum atomic E-state index is 5.80. The summed E-state index contributed by atoms with van der Waals surface area (Å²) in [5.41, 5.74) is 10.0. The third-order valence-electron chi connectivity index (χ3n) is 2.61. The van der Waals surface area contributed by atoms with Crippen LogP contribution < -0.4 is 11.6 Å². The van der Waals surface area contributed by atoms with Crippen molar-refractivity contribution in [3.63, 3.8) is 0 Å². The number of imidazole rings is 1. The summed E-state index contributed by atoms with van der Waals surface area (Å²) in [5, 5.41) is 0. The van der Waals surface area contributed by atoms with Crippen LogP contribution in [0.4, 0.5) is 5.82 Å². The van der Waals surface area contributed by atoms with Crippen molar-refractivity contribution in [2.24, 2.45) is 0 Å². The molecule has 4 N–H and O–H groups in total. The zero-order valence-electron chi connectivity index (χ0n) is 8.86. The lowest BCUT2D eigenvalue weighted by atomic mass is 10.0. The Hall–Kier alpha value is -1.97. The van der Waals surface area contributed by atoms with Crippen molar-refractivity contribution in [2.45, 2.75) is 13.8 Å². The second-order valence-corrected chi connectivity index (χ2v) is 3.68. The molecular weight excluding hydrogens is 188 g/mol. The van der Waals surface area contributed by atoms with Crippen LogP contribution in [0.25, 0.3) is 11.3 Å². The van der Waals surface area contributed by atoms with Gasteiger partial charge in [-0.1, -0.05) is 12.1 Å². The zero-order chi connectivity index (χ0) is 11.0. The number of nitrogen functional groups attached to an aromatic ring is 2. The molecule has 4 heteroatoms. The molecule has 1 aromatic carbocycles. The molecule has 15 heavy (non-hydrogen) atoms. The third kappa shape index (κ3) is 1.54. The Morgan fingerprint density at radius 3 is 2.47 bits per heavy atom. The fourth-order valence-electron chi connectivity index (χ4n) is 1.48. The average Bonchev–Trinajstić information content (AvgIpc) is 2.53. The summed E-state index contributed by atoms with van der Waals surface area (Å²) in [6.07, 6.45) is 1.51. The molecule has 0 spiro atoms. The number of hydrogen-bond acceptors (Lipinski definition) is 3. The molecule has 0 aliphatic heterocycles. The van der Waals surface area contributed by atoms with Gasteiger partial charge in [-0.15, -0.1) is 0 Å². The van der Waals surface area contributed by atoms with Crippen molar-refractivity contribution in [3.8, 4) is 11.3 Å². The van der Waals surface area contributed by atoms with E-state index in [-0.39, 0.29) is 0 Å². The molecule has 1 aromatic heterocycles. The van der Waals surface area contributed by atoms with Gasteiger partial charge < -0.3 is 11.6 Å². The number of anilines is 1. The smallest absolute Gasteiger partial charge is 0.150 e. The molecule has 4 nitrogen and oxygen atoms in total. The van der Waals surface area contributed by atoms with E-state index in [1.54, 1.807) is 0 Å². The number of nitrogens with two attached hydrogens (primary N) is 2. The lowest BCUT2D eigenvalue weighted by molar-refractivity contribution is 1.01. The Labute approximate surface area is 88.5 Å². The van der Waals surface area contributed by atoms with Gasteiger partial charge in [0.15, 0.2) is 0 Å². The summed E-state index contributed by atoms with van der Waals surface area (Å²) in [6.45, 7) is 4.14. The number of aromatic nitrogens is 2. The summed E-state index contributed by atoms with van der Waals surface area (Å²) in [4.78, 5) is 4.17. The molecule has 0 atom stereocenters. The highest BCUT2D eigenvalue weighted by Gasteiger charge is 2.08. The van der Waals surface area contributed by atoms with Crippen molar-refractivity contribution >= 4 is 5.82 Å². The van der Waals surface area contributed by atoms with Gasteiger partial charge >= 0.3 is 0 Å². The van der Waals surface area contributed by atoms with Gasteiger partial charge in [0.25, 0.3) is 0 Å². The quantitative estimate of drug-likeness (QED) is 0.688. The Morgan fingerprint density at radius 1 is 1.20 bits per heavy atom. The molecule has 0 saturated heterocycles. The zero-order valence-corrected chi connectivity index (χ0v) is 8.86. The largest absolute Gasteiger partial charge is 0.382 e. The topological polar surface area (TPSA) is 69.9 Å². The lowest BCUT2D eigenvalue weighted by Gasteiger charge is -2.04. The van der Waals surface area contributed by atoms with Crippen molar-refractivity contribution in [1.82, 2.24) is 9.66 Å². The van der Waals surface area contributed by atoms with Crippen LogP contribution in [0.1, 0.15) is 11.1 Å². The van der Waals surface area contributed by atoms with E-state index in [4.69, 9.17) is 11.6 Å².